The van der Waals surface area contributed by atoms with Crippen molar-refractivity contribution in [3.8, 4) is 0 Å². The zero-order valence-electron chi connectivity index (χ0n) is 18.1. The maximum absolute atomic E-state index is 13.7. The maximum Gasteiger partial charge on any atom is 0.244 e. The number of rotatable bonds is 8. The van der Waals surface area contributed by atoms with Gasteiger partial charge in [0, 0.05) is 36.3 Å². The molecule has 3 N–H and O–H groups in total. The van der Waals surface area contributed by atoms with Gasteiger partial charge in [-0.15, -0.1) is 11.8 Å². The summed E-state index contributed by atoms with van der Waals surface area (Å²) in [6.07, 6.45) is 8.45. The molecule has 1 spiro atoms. The number of carbonyl (C=O) groups is 3. The number of halogens is 1. The van der Waals surface area contributed by atoms with E-state index in [-0.39, 0.29) is 40.4 Å². The molecular formula is C22H34BrN3O4S. The summed E-state index contributed by atoms with van der Waals surface area (Å²) in [5, 5.41) is 15.1. The third-order valence-corrected chi connectivity index (χ3v) is 10.8. The first-order valence-electron chi connectivity index (χ1n) is 11.7. The quantitative estimate of drug-likeness (QED) is 0.338. The molecule has 1 saturated carbocycles. The van der Waals surface area contributed by atoms with Gasteiger partial charge in [-0.2, -0.15) is 0 Å². The van der Waals surface area contributed by atoms with Gasteiger partial charge in [0.25, 0.3) is 0 Å². The molecule has 4 aliphatic rings. The van der Waals surface area contributed by atoms with Crippen LogP contribution in [0.3, 0.4) is 0 Å². The summed E-state index contributed by atoms with van der Waals surface area (Å²) in [6, 6.07) is -0.355. The second-order valence-corrected chi connectivity index (χ2v) is 12.2. The van der Waals surface area contributed by atoms with Crippen molar-refractivity contribution in [1.29, 1.82) is 0 Å². The van der Waals surface area contributed by atoms with Gasteiger partial charge in [0.2, 0.25) is 17.7 Å². The van der Waals surface area contributed by atoms with E-state index in [0.29, 0.717) is 13.0 Å². The number of aliphatic hydroxyl groups is 1. The Hall–Kier alpha value is -0.800. The lowest BCUT2D eigenvalue weighted by molar-refractivity contribution is -0.140. The average Bonchev–Trinajstić information content (AvgIpc) is 3.35. The van der Waals surface area contributed by atoms with E-state index in [9.17, 15) is 14.4 Å². The number of unbranched alkanes of at least 4 members (excludes halogenated alkanes) is 2. The van der Waals surface area contributed by atoms with E-state index in [0.717, 1.165) is 44.9 Å². The third-order valence-electron chi connectivity index (χ3n) is 7.60. The maximum atomic E-state index is 13.7. The number of amides is 3. The van der Waals surface area contributed by atoms with Crippen LogP contribution in [0.15, 0.2) is 0 Å². The van der Waals surface area contributed by atoms with Crippen LogP contribution in [0.5, 0.6) is 0 Å². The number of hydrogen-bond donors (Lipinski definition) is 3. The van der Waals surface area contributed by atoms with Gasteiger partial charge >= 0.3 is 0 Å². The molecule has 174 valence electrons. The Balaban J connectivity index is 1.62. The Morgan fingerprint density at radius 2 is 1.94 bits per heavy atom. The van der Waals surface area contributed by atoms with Crippen LogP contribution in [-0.4, -0.2) is 74.8 Å². The van der Waals surface area contributed by atoms with Crippen molar-refractivity contribution in [2.45, 2.75) is 84.7 Å². The number of nitrogens with zero attached hydrogens (tertiary/aromatic N) is 1. The van der Waals surface area contributed by atoms with Crippen molar-refractivity contribution < 1.29 is 19.5 Å². The highest BCUT2D eigenvalue weighted by atomic mass is 79.9. The molecule has 3 amide bonds. The zero-order chi connectivity index (χ0) is 22.2. The van der Waals surface area contributed by atoms with Crippen LogP contribution in [-0.2, 0) is 14.4 Å². The molecule has 0 aromatic heterocycles. The zero-order valence-corrected chi connectivity index (χ0v) is 20.6. The minimum atomic E-state index is -0.553. The number of fused-ring (bicyclic) bond motifs is 1. The first kappa shape index (κ1) is 23.4. The van der Waals surface area contributed by atoms with Gasteiger partial charge in [-0.05, 0) is 38.5 Å². The fourth-order valence-corrected chi connectivity index (χ4v) is 9.85. The number of alkyl halides is 1. The molecule has 3 aliphatic heterocycles. The second kappa shape index (κ2) is 9.59. The molecule has 9 heteroatoms. The van der Waals surface area contributed by atoms with Gasteiger partial charge in [0.1, 0.15) is 6.04 Å². The lowest BCUT2D eigenvalue weighted by Gasteiger charge is -2.36. The summed E-state index contributed by atoms with van der Waals surface area (Å²) < 4.78 is -0.553. The van der Waals surface area contributed by atoms with E-state index in [2.05, 4.69) is 26.6 Å². The SMILES string of the molecule is CNC(=O)[C@H]1[C@H]2C(=O)N(CCCCCO)C(C(=O)NC3CCCCC3)C23CC(Br)[C@@H]1S3. The minimum absolute atomic E-state index is 0.00965. The summed E-state index contributed by atoms with van der Waals surface area (Å²) in [5.41, 5.74) is 0. The van der Waals surface area contributed by atoms with Crippen molar-refractivity contribution in [2.24, 2.45) is 11.8 Å². The van der Waals surface area contributed by atoms with Crippen LogP contribution >= 0.6 is 27.7 Å². The van der Waals surface area contributed by atoms with Crippen molar-refractivity contribution in [3.05, 3.63) is 0 Å². The Kier molecular flexibility index (Phi) is 7.23. The molecule has 4 rings (SSSR count). The molecule has 3 heterocycles. The van der Waals surface area contributed by atoms with Crippen molar-refractivity contribution in [3.63, 3.8) is 0 Å². The average molecular weight is 517 g/mol. The van der Waals surface area contributed by atoms with Gasteiger partial charge in [0.15, 0.2) is 0 Å². The Bertz CT molecular complexity index is 719. The predicted octanol–water partition coefficient (Wildman–Crippen LogP) is 1.81. The highest BCUT2D eigenvalue weighted by Crippen LogP contribution is 2.67. The van der Waals surface area contributed by atoms with Crippen molar-refractivity contribution >= 4 is 45.4 Å². The van der Waals surface area contributed by atoms with Crippen molar-refractivity contribution in [1.82, 2.24) is 15.5 Å². The van der Waals surface area contributed by atoms with E-state index >= 15 is 0 Å². The first-order valence-corrected chi connectivity index (χ1v) is 13.5. The number of hydrogen-bond acceptors (Lipinski definition) is 5. The second-order valence-electron chi connectivity index (χ2n) is 9.44. The summed E-state index contributed by atoms with van der Waals surface area (Å²) in [5.74, 6) is -1.05. The summed E-state index contributed by atoms with van der Waals surface area (Å²) >= 11 is 5.45. The largest absolute Gasteiger partial charge is 0.396 e. The number of carbonyl (C=O) groups excluding carboxylic acids is 3. The van der Waals surface area contributed by atoms with Gasteiger partial charge in [0.05, 0.1) is 16.6 Å². The third kappa shape index (κ3) is 4.03. The summed E-state index contributed by atoms with van der Waals surface area (Å²) in [7, 11) is 1.62. The molecule has 3 saturated heterocycles. The molecule has 0 aromatic carbocycles. The van der Waals surface area contributed by atoms with Gasteiger partial charge < -0.3 is 20.6 Å². The van der Waals surface area contributed by atoms with E-state index in [1.807, 2.05) is 0 Å². The van der Waals surface area contributed by atoms with Crippen LogP contribution in [0.25, 0.3) is 0 Å². The molecule has 1 aliphatic carbocycles. The highest BCUT2D eigenvalue weighted by Gasteiger charge is 2.75. The predicted molar refractivity (Wildman–Crippen MR) is 124 cm³/mol. The van der Waals surface area contributed by atoms with Crippen LogP contribution in [0.4, 0.5) is 0 Å². The van der Waals surface area contributed by atoms with Crippen molar-refractivity contribution in [2.75, 3.05) is 20.2 Å². The number of likely N-dealkylation sites (tertiary alicyclic amines) is 1. The lowest BCUT2D eigenvalue weighted by atomic mass is 9.70. The van der Waals surface area contributed by atoms with Crippen LogP contribution < -0.4 is 10.6 Å². The molecule has 3 unspecified atom stereocenters. The normalized spacial score (nSPS) is 37.2. The smallest absolute Gasteiger partial charge is 0.244 e. The van der Waals surface area contributed by atoms with Gasteiger partial charge in [-0.25, -0.2) is 0 Å². The number of aliphatic hydroxyl groups excluding tert-OH is 1. The van der Waals surface area contributed by atoms with Gasteiger partial charge in [-0.3, -0.25) is 14.4 Å². The fraction of sp³-hybridized carbons (Fsp3) is 0.864. The highest BCUT2D eigenvalue weighted by molar-refractivity contribution is 9.09. The molecule has 31 heavy (non-hydrogen) atoms. The Morgan fingerprint density at radius 1 is 1.19 bits per heavy atom. The van der Waals surface area contributed by atoms with E-state index in [1.165, 1.54) is 6.42 Å². The summed E-state index contributed by atoms with van der Waals surface area (Å²) in [6.45, 7) is 0.631. The first-order chi connectivity index (χ1) is 14.9. The molecule has 6 atom stereocenters. The Morgan fingerprint density at radius 3 is 2.61 bits per heavy atom. The van der Waals surface area contributed by atoms with E-state index in [4.69, 9.17) is 5.11 Å². The molecule has 4 fully saturated rings. The molecule has 0 radical (unpaired) electrons. The molecule has 2 bridgehead atoms. The van der Waals surface area contributed by atoms with E-state index in [1.54, 1.807) is 23.7 Å². The minimum Gasteiger partial charge on any atom is -0.396 e. The topological polar surface area (TPSA) is 98.7 Å². The van der Waals surface area contributed by atoms with Gasteiger partial charge in [-0.1, -0.05) is 35.2 Å². The molecule has 7 nitrogen and oxygen atoms in total. The molecule has 0 aromatic rings. The number of nitrogens with one attached hydrogen (secondary N) is 2. The fourth-order valence-electron chi connectivity index (χ4n) is 6.23. The molecular weight excluding hydrogens is 482 g/mol. The van der Waals surface area contributed by atoms with Crippen LogP contribution in [0, 0.1) is 11.8 Å². The standard InChI is InChI=1S/C22H34BrN3O4S/c1-24-19(28)15-16-21(30)26(10-6-3-7-11-27)18(22(16)12-14(23)17(15)31-22)20(29)25-13-8-4-2-5-9-13/h13-18,27H,2-12H2,1H3,(H,24,28)(H,25,29)/t14?,15-,16-,17-,18?,22?/m0/s1. The van der Waals surface area contributed by atoms with Crippen LogP contribution in [0.2, 0.25) is 0 Å². The Labute approximate surface area is 197 Å². The monoisotopic (exact) mass is 515 g/mol. The van der Waals surface area contributed by atoms with E-state index < -0.39 is 22.6 Å². The van der Waals surface area contributed by atoms with Crippen LogP contribution in [0.1, 0.15) is 57.8 Å². The number of thioether (sulfide) groups is 1. The lowest BCUT2D eigenvalue weighted by Crippen LogP contribution is -2.56. The summed E-state index contributed by atoms with van der Waals surface area (Å²) in [4.78, 5) is 42.0.